The van der Waals surface area contributed by atoms with Crippen LogP contribution < -0.4 is 17.0 Å². The number of thiazole rings is 1. The Hall–Kier alpha value is -2.19. The predicted octanol–water partition coefficient (Wildman–Crippen LogP) is 2.22. The van der Waals surface area contributed by atoms with Crippen LogP contribution in [0.5, 0.6) is 0 Å². The van der Waals surface area contributed by atoms with E-state index in [1.807, 2.05) is 24.3 Å². The molecular formula is C15H13BrN4O2S. The topological polar surface area (TPSA) is 82.9 Å². The highest BCUT2D eigenvalue weighted by Crippen LogP contribution is 2.29. The number of halogens is 1. The highest BCUT2D eigenvalue weighted by molar-refractivity contribution is 9.10. The molecule has 3 aromatic rings. The van der Waals surface area contributed by atoms with Crippen molar-refractivity contribution < 1.29 is 0 Å². The second kappa shape index (κ2) is 5.78. The molecule has 6 nitrogen and oxygen atoms in total. The van der Waals surface area contributed by atoms with Crippen molar-refractivity contribution in [3.05, 3.63) is 55.0 Å². The van der Waals surface area contributed by atoms with E-state index in [0.29, 0.717) is 5.69 Å². The Kier molecular flexibility index (Phi) is 3.95. The van der Waals surface area contributed by atoms with Crippen molar-refractivity contribution in [1.82, 2.24) is 14.1 Å². The Balaban J connectivity index is 2.17. The van der Waals surface area contributed by atoms with Gasteiger partial charge in [0, 0.05) is 29.5 Å². The molecule has 0 radical (unpaired) electrons. The third kappa shape index (κ3) is 2.64. The maximum absolute atomic E-state index is 12.4. The van der Waals surface area contributed by atoms with E-state index in [0.717, 1.165) is 19.6 Å². The van der Waals surface area contributed by atoms with Gasteiger partial charge in [0.2, 0.25) is 0 Å². The number of anilines is 1. The number of nitrogens with zero attached hydrogens (tertiary/aromatic N) is 3. The molecule has 0 saturated heterocycles. The summed E-state index contributed by atoms with van der Waals surface area (Å²) in [5.41, 5.74) is 6.72. The minimum atomic E-state index is -0.459. The average molecular weight is 393 g/mol. The molecule has 118 valence electrons. The lowest BCUT2D eigenvalue weighted by molar-refractivity contribution is 0.696. The van der Waals surface area contributed by atoms with Gasteiger partial charge in [0.1, 0.15) is 16.4 Å². The Morgan fingerprint density at radius 3 is 2.43 bits per heavy atom. The van der Waals surface area contributed by atoms with Crippen LogP contribution in [0.2, 0.25) is 0 Å². The van der Waals surface area contributed by atoms with Crippen LogP contribution >= 0.6 is 27.3 Å². The fourth-order valence-electron chi connectivity index (χ4n) is 2.21. The fourth-order valence-corrected chi connectivity index (χ4v) is 3.30. The quantitative estimate of drug-likeness (QED) is 0.724. The summed E-state index contributed by atoms with van der Waals surface area (Å²) < 4.78 is 3.26. The van der Waals surface area contributed by atoms with Gasteiger partial charge in [-0.25, -0.2) is 9.78 Å². The molecule has 0 unspecified atom stereocenters. The van der Waals surface area contributed by atoms with Crippen LogP contribution in [0.4, 0.5) is 5.82 Å². The van der Waals surface area contributed by atoms with Crippen LogP contribution in [-0.2, 0) is 14.1 Å². The molecular weight excluding hydrogens is 380 g/mol. The zero-order chi connectivity index (χ0) is 16.7. The number of nitrogen functional groups attached to an aromatic ring is 1. The van der Waals surface area contributed by atoms with Crippen molar-refractivity contribution in [2.24, 2.45) is 14.1 Å². The summed E-state index contributed by atoms with van der Waals surface area (Å²) >= 11 is 4.81. The van der Waals surface area contributed by atoms with Crippen LogP contribution in [0, 0.1) is 0 Å². The summed E-state index contributed by atoms with van der Waals surface area (Å²) in [5.74, 6) is 0.116. The molecule has 0 spiro atoms. The zero-order valence-electron chi connectivity index (χ0n) is 12.4. The van der Waals surface area contributed by atoms with E-state index in [1.165, 1.54) is 30.0 Å². The Labute approximate surface area is 144 Å². The van der Waals surface area contributed by atoms with Crippen molar-refractivity contribution >= 4 is 33.1 Å². The minimum Gasteiger partial charge on any atom is -0.384 e. The van der Waals surface area contributed by atoms with E-state index in [-0.39, 0.29) is 11.4 Å². The zero-order valence-corrected chi connectivity index (χ0v) is 14.8. The number of aromatic nitrogens is 3. The van der Waals surface area contributed by atoms with Gasteiger partial charge >= 0.3 is 5.69 Å². The van der Waals surface area contributed by atoms with Gasteiger partial charge in [-0.05, 0) is 12.1 Å². The Morgan fingerprint density at radius 1 is 1.13 bits per heavy atom. The molecule has 1 aromatic carbocycles. The van der Waals surface area contributed by atoms with E-state index < -0.39 is 11.2 Å². The van der Waals surface area contributed by atoms with E-state index in [1.54, 1.807) is 5.38 Å². The molecule has 2 aromatic heterocycles. The highest BCUT2D eigenvalue weighted by Gasteiger charge is 2.18. The maximum atomic E-state index is 12.4. The van der Waals surface area contributed by atoms with Crippen LogP contribution in [0.3, 0.4) is 0 Å². The normalized spacial score (nSPS) is 10.9. The van der Waals surface area contributed by atoms with Gasteiger partial charge < -0.3 is 5.73 Å². The first-order valence-corrected chi connectivity index (χ1v) is 8.34. The smallest absolute Gasteiger partial charge is 0.332 e. The average Bonchev–Trinajstić information content (AvgIpc) is 3.01. The van der Waals surface area contributed by atoms with Gasteiger partial charge in [0.05, 0.1) is 5.69 Å². The molecule has 0 atom stereocenters. The van der Waals surface area contributed by atoms with E-state index in [9.17, 15) is 9.59 Å². The van der Waals surface area contributed by atoms with Gasteiger partial charge in [0.15, 0.2) is 0 Å². The molecule has 0 amide bonds. The van der Waals surface area contributed by atoms with Gasteiger partial charge in [-0.3, -0.25) is 13.9 Å². The lowest BCUT2D eigenvalue weighted by Gasteiger charge is -2.09. The van der Waals surface area contributed by atoms with Crippen molar-refractivity contribution in [2.75, 3.05) is 5.73 Å². The molecule has 0 saturated carbocycles. The summed E-state index contributed by atoms with van der Waals surface area (Å²) in [6.45, 7) is 0. The first-order chi connectivity index (χ1) is 10.9. The fraction of sp³-hybridized carbons (Fsp3) is 0.133. The molecule has 8 heteroatoms. The highest BCUT2D eigenvalue weighted by atomic mass is 79.9. The third-order valence-corrected chi connectivity index (χ3v) is 4.98. The van der Waals surface area contributed by atoms with E-state index in [4.69, 9.17) is 5.73 Å². The SMILES string of the molecule is Cn1c(N)c(-c2csc(-c3ccc(Br)cc3)n2)c(=O)n(C)c1=O. The molecule has 3 rings (SSSR count). The molecule has 2 heterocycles. The first kappa shape index (κ1) is 15.7. The van der Waals surface area contributed by atoms with E-state index in [2.05, 4.69) is 20.9 Å². The largest absolute Gasteiger partial charge is 0.384 e. The summed E-state index contributed by atoms with van der Waals surface area (Å²) in [6.07, 6.45) is 0. The first-order valence-electron chi connectivity index (χ1n) is 6.67. The van der Waals surface area contributed by atoms with Crippen LogP contribution in [0.25, 0.3) is 21.8 Å². The van der Waals surface area contributed by atoms with Crippen molar-refractivity contribution in [1.29, 1.82) is 0 Å². The summed E-state index contributed by atoms with van der Waals surface area (Å²) in [5, 5.41) is 2.55. The number of hydrogen-bond donors (Lipinski definition) is 1. The van der Waals surface area contributed by atoms with Gasteiger partial charge in [-0.2, -0.15) is 0 Å². The number of rotatable bonds is 2. The molecule has 0 fully saturated rings. The van der Waals surface area contributed by atoms with Gasteiger partial charge in [-0.15, -0.1) is 11.3 Å². The van der Waals surface area contributed by atoms with Crippen LogP contribution in [-0.4, -0.2) is 14.1 Å². The minimum absolute atomic E-state index is 0.116. The second-order valence-corrected chi connectivity index (χ2v) is 6.78. The Bertz CT molecular complexity index is 1000. The van der Waals surface area contributed by atoms with Crippen molar-refractivity contribution in [2.45, 2.75) is 0 Å². The third-order valence-electron chi connectivity index (χ3n) is 3.56. The number of nitrogens with two attached hydrogens (primary N) is 1. The van der Waals surface area contributed by atoms with Crippen LogP contribution in [0.15, 0.2) is 43.7 Å². The molecule has 0 aliphatic heterocycles. The molecule has 23 heavy (non-hydrogen) atoms. The predicted molar refractivity (Wildman–Crippen MR) is 95.6 cm³/mol. The summed E-state index contributed by atoms with van der Waals surface area (Å²) in [6, 6.07) is 7.73. The molecule has 0 bridgehead atoms. The second-order valence-electron chi connectivity index (χ2n) is 5.01. The molecule has 0 aliphatic carbocycles. The lowest BCUT2D eigenvalue weighted by Crippen LogP contribution is -2.39. The lowest BCUT2D eigenvalue weighted by atomic mass is 10.2. The monoisotopic (exact) mass is 392 g/mol. The summed E-state index contributed by atoms with van der Waals surface area (Å²) in [7, 11) is 2.96. The number of hydrogen-bond acceptors (Lipinski definition) is 5. The molecule has 2 N–H and O–H groups in total. The van der Waals surface area contributed by atoms with Crippen molar-refractivity contribution in [3.8, 4) is 21.8 Å². The Morgan fingerprint density at radius 2 is 1.78 bits per heavy atom. The van der Waals surface area contributed by atoms with Crippen molar-refractivity contribution in [3.63, 3.8) is 0 Å². The van der Waals surface area contributed by atoms with Gasteiger partial charge in [0.25, 0.3) is 5.56 Å². The van der Waals surface area contributed by atoms with Gasteiger partial charge in [-0.1, -0.05) is 28.1 Å². The summed E-state index contributed by atoms with van der Waals surface area (Å²) in [4.78, 5) is 28.8. The number of benzene rings is 1. The molecule has 0 aliphatic rings. The standard InChI is InChI=1S/C15H13BrN4O2S/c1-19-12(17)11(14(21)20(2)15(19)22)10-7-23-13(18-10)8-3-5-9(16)6-4-8/h3-7H,17H2,1-2H3. The maximum Gasteiger partial charge on any atom is 0.332 e. The van der Waals surface area contributed by atoms with E-state index >= 15 is 0 Å². The van der Waals surface area contributed by atoms with Crippen LogP contribution in [0.1, 0.15) is 0 Å².